The number of aryl methyl sites for hydroxylation is 1. The van der Waals surface area contributed by atoms with Gasteiger partial charge in [-0.15, -0.1) is 0 Å². The van der Waals surface area contributed by atoms with E-state index in [0.29, 0.717) is 6.42 Å². The first-order chi connectivity index (χ1) is 6.15. The maximum atomic E-state index is 8.74. The van der Waals surface area contributed by atoms with E-state index in [1.54, 1.807) is 0 Å². The van der Waals surface area contributed by atoms with Crippen LogP contribution in [0.5, 0.6) is 0 Å². The van der Waals surface area contributed by atoms with E-state index in [9.17, 15) is 0 Å². The van der Waals surface area contributed by atoms with Crippen molar-refractivity contribution in [2.24, 2.45) is 5.73 Å². The van der Waals surface area contributed by atoms with Crippen LogP contribution in [0.25, 0.3) is 0 Å². The van der Waals surface area contributed by atoms with Crippen LogP contribution in [0, 0.1) is 6.92 Å². The molecule has 3 heteroatoms. The topological polar surface area (TPSA) is 72.3 Å². The summed E-state index contributed by atoms with van der Waals surface area (Å²) in [5.41, 5.74) is 14.4. The van der Waals surface area contributed by atoms with Crippen molar-refractivity contribution in [2.45, 2.75) is 19.4 Å². The normalized spacial score (nSPS) is 12.8. The molecule has 1 aromatic rings. The van der Waals surface area contributed by atoms with E-state index in [4.69, 9.17) is 16.6 Å². The molecule has 13 heavy (non-hydrogen) atoms. The predicted octanol–water partition coefficient (Wildman–Crippen LogP) is 0.959. The Kier molecular flexibility index (Phi) is 3.28. The zero-order valence-corrected chi connectivity index (χ0v) is 7.83. The van der Waals surface area contributed by atoms with E-state index in [-0.39, 0.29) is 12.6 Å². The molecule has 0 fully saturated rings. The molecular weight excluding hydrogens is 164 g/mol. The van der Waals surface area contributed by atoms with Crippen LogP contribution in [-0.4, -0.2) is 11.7 Å². The molecule has 1 rings (SSSR count). The average molecular weight is 180 g/mol. The minimum atomic E-state index is -0.0920. The van der Waals surface area contributed by atoms with Crippen molar-refractivity contribution in [3.8, 4) is 0 Å². The molecule has 0 aliphatic heterocycles. The molecule has 0 saturated carbocycles. The number of hydrogen-bond acceptors (Lipinski definition) is 3. The van der Waals surface area contributed by atoms with Crippen LogP contribution in [0.2, 0.25) is 0 Å². The third kappa shape index (κ3) is 2.44. The zero-order valence-electron chi connectivity index (χ0n) is 7.83. The smallest absolute Gasteiger partial charge is 0.0449 e. The molecule has 5 N–H and O–H groups in total. The SMILES string of the molecule is Cc1cc(N)ccc1C(N)CCO. The molecule has 0 aliphatic carbocycles. The molecular formula is C10H16N2O. The fraction of sp³-hybridized carbons (Fsp3) is 0.400. The predicted molar refractivity (Wildman–Crippen MR) is 54.2 cm³/mol. The molecule has 0 spiro atoms. The van der Waals surface area contributed by atoms with E-state index >= 15 is 0 Å². The number of hydrogen-bond donors (Lipinski definition) is 3. The van der Waals surface area contributed by atoms with Crippen LogP contribution >= 0.6 is 0 Å². The summed E-state index contributed by atoms with van der Waals surface area (Å²) in [6.07, 6.45) is 0.588. The van der Waals surface area contributed by atoms with E-state index < -0.39 is 0 Å². The van der Waals surface area contributed by atoms with Crippen LogP contribution in [0.3, 0.4) is 0 Å². The second kappa shape index (κ2) is 4.25. The number of anilines is 1. The first-order valence-corrected chi connectivity index (χ1v) is 4.37. The van der Waals surface area contributed by atoms with Crippen molar-refractivity contribution in [2.75, 3.05) is 12.3 Å². The quantitative estimate of drug-likeness (QED) is 0.607. The first kappa shape index (κ1) is 10.0. The van der Waals surface area contributed by atoms with Gasteiger partial charge in [-0.2, -0.15) is 0 Å². The molecule has 72 valence electrons. The van der Waals surface area contributed by atoms with Crippen molar-refractivity contribution in [3.05, 3.63) is 29.3 Å². The van der Waals surface area contributed by atoms with Gasteiger partial charge in [0.25, 0.3) is 0 Å². The summed E-state index contributed by atoms with van der Waals surface area (Å²) in [6, 6.07) is 5.56. The second-order valence-electron chi connectivity index (χ2n) is 3.23. The van der Waals surface area contributed by atoms with E-state index in [0.717, 1.165) is 16.8 Å². The number of aliphatic hydroxyl groups is 1. The van der Waals surface area contributed by atoms with Gasteiger partial charge in [-0.1, -0.05) is 6.07 Å². The van der Waals surface area contributed by atoms with Crippen molar-refractivity contribution < 1.29 is 5.11 Å². The van der Waals surface area contributed by atoms with E-state index in [1.165, 1.54) is 0 Å². The van der Waals surface area contributed by atoms with Gasteiger partial charge in [0.15, 0.2) is 0 Å². The third-order valence-electron chi connectivity index (χ3n) is 2.13. The van der Waals surface area contributed by atoms with Crippen molar-refractivity contribution in [1.29, 1.82) is 0 Å². The van der Waals surface area contributed by atoms with Crippen molar-refractivity contribution in [1.82, 2.24) is 0 Å². The highest BCUT2D eigenvalue weighted by atomic mass is 16.3. The number of nitrogen functional groups attached to an aromatic ring is 1. The van der Waals surface area contributed by atoms with Gasteiger partial charge in [0.1, 0.15) is 0 Å². The summed E-state index contributed by atoms with van der Waals surface area (Å²) in [5, 5.41) is 8.74. The van der Waals surface area contributed by atoms with E-state index in [2.05, 4.69) is 0 Å². The summed E-state index contributed by atoms with van der Waals surface area (Å²) in [7, 11) is 0. The van der Waals surface area contributed by atoms with Gasteiger partial charge in [-0.05, 0) is 36.6 Å². The minimum Gasteiger partial charge on any atom is -0.399 e. The molecule has 0 radical (unpaired) electrons. The number of aliphatic hydroxyl groups excluding tert-OH is 1. The minimum absolute atomic E-state index is 0.0920. The molecule has 1 aromatic carbocycles. The van der Waals surface area contributed by atoms with Crippen LogP contribution in [0.1, 0.15) is 23.6 Å². The van der Waals surface area contributed by atoms with Gasteiger partial charge in [0, 0.05) is 18.3 Å². The number of nitrogens with two attached hydrogens (primary N) is 2. The third-order valence-corrected chi connectivity index (χ3v) is 2.13. The lowest BCUT2D eigenvalue weighted by Gasteiger charge is -2.13. The number of benzene rings is 1. The van der Waals surface area contributed by atoms with Gasteiger partial charge in [0.2, 0.25) is 0 Å². The first-order valence-electron chi connectivity index (χ1n) is 4.37. The zero-order chi connectivity index (χ0) is 9.84. The Morgan fingerprint density at radius 3 is 2.69 bits per heavy atom. The molecule has 0 saturated heterocycles. The fourth-order valence-electron chi connectivity index (χ4n) is 1.41. The summed E-state index contributed by atoms with van der Waals surface area (Å²) < 4.78 is 0. The molecule has 3 nitrogen and oxygen atoms in total. The Balaban J connectivity index is 2.88. The van der Waals surface area contributed by atoms with E-state index in [1.807, 2.05) is 25.1 Å². The summed E-state index contributed by atoms with van der Waals surface area (Å²) in [4.78, 5) is 0. The lowest BCUT2D eigenvalue weighted by molar-refractivity contribution is 0.276. The van der Waals surface area contributed by atoms with Crippen LogP contribution in [0.4, 0.5) is 5.69 Å². The van der Waals surface area contributed by atoms with Gasteiger partial charge >= 0.3 is 0 Å². The maximum Gasteiger partial charge on any atom is 0.0449 e. The van der Waals surface area contributed by atoms with Gasteiger partial charge in [0.05, 0.1) is 0 Å². The lowest BCUT2D eigenvalue weighted by Crippen LogP contribution is -2.13. The summed E-state index contributed by atoms with van der Waals surface area (Å²) in [5.74, 6) is 0. The lowest BCUT2D eigenvalue weighted by atomic mass is 9.99. The monoisotopic (exact) mass is 180 g/mol. The number of rotatable bonds is 3. The average Bonchev–Trinajstić information content (AvgIpc) is 2.04. The highest BCUT2D eigenvalue weighted by Crippen LogP contribution is 2.20. The van der Waals surface area contributed by atoms with Gasteiger partial charge < -0.3 is 16.6 Å². The van der Waals surface area contributed by atoms with Crippen molar-refractivity contribution >= 4 is 5.69 Å². The highest BCUT2D eigenvalue weighted by Gasteiger charge is 2.07. The Labute approximate surface area is 78.4 Å². The van der Waals surface area contributed by atoms with Crippen molar-refractivity contribution in [3.63, 3.8) is 0 Å². The Morgan fingerprint density at radius 2 is 2.15 bits per heavy atom. The van der Waals surface area contributed by atoms with Crippen LogP contribution in [-0.2, 0) is 0 Å². The molecule has 1 atom stereocenters. The fourth-order valence-corrected chi connectivity index (χ4v) is 1.41. The molecule has 0 aliphatic rings. The van der Waals surface area contributed by atoms with Crippen LogP contribution < -0.4 is 11.5 Å². The highest BCUT2D eigenvalue weighted by molar-refractivity contribution is 5.45. The Morgan fingerprint density at radius 1 is 1.46 bits per heavy atom. The van der Waals surface area contributed by atoms with Crippen LogP contribution in [0.15, 0.2) is 18.2 Å². The maximum absolute atomic E-state index is 8.74. The molecule has 0 aromatic heterocycles. The molecule has 0 bridgehead atoms. The standard InChI is InChI=1S/C10H16N2O/c1-7-6-8(11)2-3-9(7)10(12)4-5-13/h2-3,6,10,13H,4-5,11-12H2,1H3. The van der Waals surface area contributed by atoms with Gasteiger partial charge in [-0.25, -0.2) is 0 Å². The van der Waals surface area contributed by atoms with Gasteiger partial charge in [-0.3, -0.25) is 0 Å². The molecule has 0 amide bonds. The summed E-state index contributed by atoms with van der Waals surface area (Å²) in [6.45, 7) is 2.09. The summed E-state index contributed by atoms with van der Waals surface area (Å²) >= 11 is 0. The second-order valence-corrected chi connectivity index (χ2v) is 3.23. The Bertz CT molecular complexity index is 286. The largest absolute Gasteiger partial charge is 0.399 e. The Hall–Kier alpha value is -1.06. The molecule has 0 heterocycles. The molecule has 1 unspecified atom stereocenters.